The van der Waals surface area contributed by atoms with Gasteiger partial charge in [0.2, 0.25) is 21.3 Å². The predicted octanol–water partition coefficient (Wildman–Crippen LogP) is -1.92. The SMILES string of the molecule is CN1C(=O)c2c(nc(S(C)(=O)=O)n2CCO)N(C)C1O. The van der Waals surface area contributed by atoms with Crippen LogP contribution >= 0.6 is 0 Å². The van der Waals surface area contributed by atoms with Gasteiger partial charge in [0.1, 0.15) is 0 Å². The monoisotopic (exact) mass is 304 g/mol. The van der Waals surface area contributed by atoms with Crippen molar-refractivity contribution in [1.29, 1.82) is 0 Å². The molecule has 1 aromatic rings. The molecule has 1 atom stereocenters. The van der Waals surface area contributed by atoms with Gasteiger partial charge in [-0.25, -0.2) is 8.42 Å². The molecule has 0 saturated carbocycles. The van der Waals surface area contributed by atoms with E-state index in [1.165, 1.54) is 19.0 Å². The Morgan fingerprint density at radius 1 is 1.30 bits per heavy atom. The first-order chi connectivity index (χ1) is 9.20. The van der Waals surface area contributed by atoms with E-state index >= 15 is 0 Å². The number of amides is 1. The Bertz CT molecular complexity index is 653. The fourth-order valence-corrected chi connectivity index (χ4v) is 2.94. The van der Waals surface area contributed by atoms with Gasteiger partial charge < -0.3 is 19.7 Å². The van der Waals surface area contributed by atoms with Crippen LogP contribution in [0.15, 0.2) is 5.16 Å². The van der Waals surface area contributed by atoms with Gasteiger partial charge in [0.15, 0.2) is 11.5 Å². The van der Waals surface area contributed by atoms with Gasteiger partial charge in [0.25, 0.3) is 5.91 Å². The highest BCUT2D eigenvalue weighted by molar-refractivity contribution is 7.90. The molecular formula is C10H16N4O5S. The van der Waals surface area contributed by atoms with E-state index in [0.29, 0.717) is 0 Å². The molecule has 0 aliphatic carbocycles. The smallest absolute Gasteiger partial charge is 0.277 e. The van der Waals surface area contributed by atoms with Crippen LogP contribution in [0.5, 0.6) is 0 Å². The molecule has 0 fully saturated rings. The van der Waals surface area contributed by atoms with Gasteiger partial charge in [0, 0.05) is 26.9 Å². The van der Waals surface area contributed by atoms with Crippen molar-refractivity contribution in [3.8, 4) is 0 Å². The predicted molar refractivity (Wildman–Crippen MR) is 68.9 cm³/mol. The molecule has 1 unspecified atom stereocenters. The summed E-state index contributed by atoms with van der Waals surface area (Å²) in [6.45, 7) is -0.414. The van der Waals surface area contributed by atoms with E-state index in [0.717, 1.165) is 15.7 Å². The van der Waals surface area contributed by atoms with E-state index in [9.17, 15) is 18.3 Å². The van der Waals surface area contributed by atoms with E-state index in [-0.39, 0.29) is 29.8 Å². The first-order valence-electron chi connectivity index (χ1n) is 5.79. The van der Waals surface area contributed by atoms with Crippen LogP contribution in [0.25, 0.3) is 0 Å². The van der Waals surface area contributed by atoms with E-state index in [1.807, 2.05) is 0 Å². The lowest BCUT2D eigenvalue weighted by Gasteiger charge is -2.36. The highest BCUT2D eigenvalue weighted by Crippen LogP contribution is 2.30. The minimum absolute atomic E-state index is 0.0368. The summed E-state index contributed by atoms with van der Waals surface area (Å²) in [5.74, 6) is -0.476. The van der Waals surface area contributed by atoms with Crippen LogP contribution in [-0.2, 0) is 16.4 Å². The zero-order valence-electron chi connectivity index (χ0n) is 11.3. The number of imidazole rings is 1. The van der Waals surface area contributed by atoms with E-state index in [1.54, 1.807) is 0 Å². The molecule has 1 aliphatic heterocycles. The first kappa shape index (κ1) is 14.8. The van der Waals surface area contributed by atoms with E-state index in [4.69, 9.17) is 5.11 Å². The van der Waals surface area contributed by atoms with Crippen molar-refractivity contribution in [1.82, 2.24) is 14.5 Å². The van der Waals surface area contributed by atoms with Gasteiger partial charge in [-0.05, 0) is 0 Å². The summed E-state index contributed by atoms with van der Waals surface area (Å²) in [6.07, 6.45) is -0.251. The number of sulfone groups is 1. The third-order valence-corrected chi connectivity index (χ3v) is 4.09. The highest BCUT2D eigenvalue weighted by Gasteiger charge is 2.39. The van der Waals surface area contributed by atoms with Gasteiger partial charge in [-0.2, -0.15) is 4.98 Å². The second-order valence-electron chi connectivity index (χ2n) is 4.59. The molecule has 20 heavy (non-hydrogen) atoms. The molecule has 112 valence electrons. The largest absolute Gasteiger partial charge is 0.395 e. The average Bonchev–Trinajstić information content (AvgIpc) is 2.74. The zero-order chi connectivity index (χ0) is 15.2. The van der Waals surface area contributed by atoms with Crippen LogP contribution in [0.2, 0.25) is 0 Å². The Morgan fingerprint density at radius 2 is 1.90 bits per heavy atom. The summed E-state index contributed by atoms with van der Waals surface area (Å²) in [4.78, 5) is 18.5. The number of carbonyl (C=O) groups is 1. The number of aromatic nitrogens is 2. The lowest BCUT2D eigenvalue weighted by Crippen LogP contribution is -2.52. The van der Waals surface area contributed by atoms with Gasteiger partial charge in [-0.1, -0.05) is 0 Å². The molecule has 10 heteroatoms. The number of nitrogens with zero attached hydrogens (tertiary/aromatic N) is 4. The summed E-state index contributed by atoms with van der Waals surface area (Å²) in [7, 11) is -0.783. The summed E-state index contributed by atoms with van der Waals surface area (Å²) >= 11 is 0. The number of fused-ring (bicyclic) bond motifs is 1. The molecule has 0 radical (unpaired) electrons. The van der Waals surface area contributed by atoms with Crippen molar-refractivity contribution in [2.45, 2.75) is 18.1 Å². The molecule has 0 spiro atoms. The molecule has 2 heterocycles. The lowest BCUT2D eigenvalue weighted by molar-refractivity contribution is 0.0151. The molecule has 1 amide bonds. The first-order valence-corrected chi connectivity index (χ1v) is 7.68. The van der Waals surface area contributed by atoms with Crippen LogP contribution in [0.1, 0.15) is 10.5 Å². The fourth-order valence-electron chi connectivity index (χ4n) is 2.11. The Morgan fingerprint density at radius 3 is 2.40 bits per heavy atom. The lowest BCUT2D eigenvalue weighted by atomic mass is 10.3. The number of hydrogen-bond donors (Lipinski definition) is 2. The summed E-state index contributed by atoms with van der Waals surface area (Å²) in [5, 5.41) is 18.6. The zero-order valence-corrected chi connectivity index (χ0v) is 12.1. The molecule has 2 rings (SSSR count). The standard InChI is InChI=1S/C10H16N4O5S/c1-12-7-6(8(16)13(2)10(12)17)14(4-5-15)9(11-7)20(3,18)19/h10,15,17H,4-5H2,1-3H3. The quantitative estimate of drug-likeness (QED) is 0.668. The maximum absolute atomic E-state index is 12.2. The van der Waals surface area contributed by atoms with Crippen LogP contribution in [-0.4, -0.2) is 72.3 Å². The Balaban J connectivity index is 2.75. The molecule has 1 aliphatic rings. The van der Waals surface area contributed by atoms with Crippen LogP contribution in [0.3, 0.4) is 0 Å². The fraction of sp³-hybridized carbons (Fsp3) is 0.600. The van der Waals surface area contributed by atoms with Crippen LogP contribution in [0.4, 0.5) is 5.82 Å². The molecule has 0 aromatic carbocycles. The Kier molecular flexibility index (Phi) is 3.48. The van der Waals surface area contributed by atoms with Crippen LogP contribution in [0, 0.1) is 0 Å². The number of aliphatic hydroxyl groups is 2. The number of anilines is 1. The van der Waals surface area contributed by atoms with Gasteiger partial charge in [0.05, 0.1) is 6.61 Å². The van der Waals surface area contributed by atoms with E-state index < -0.39 is 22.1 Å². The second-order valence-corrected chi connectivity index (χ2v) is 6.50. The Hall–Kier alpha value is -1.65. The third-order valence-electron chi connectivity index (χ3n) is 3.12. The van der Waals surface area contributed by atoms with Gasteiger partial charge >= 0.3 is 0 Å². The third kappa shape index (κ3) is 2.05. The van der Waals surface area contributed by atoms with Gasteiger partial charge in [-0.15, -0.1) is 0 Å². The average molecular weight is 304 g/mol. The molecule has 0 bridgehead atoms. The van der Waals surface area contributed by atoms with E-state index in [2.05, 4.69) is 4.98 Å². The van der Waals surface area contributed by atoms with Crippen molar-refractivity contribution in [3.63, 3.8) is 0 Å². The minimum atomic E-state index is -3.67. The number of rotatable bonds is 3. The molecule has 1 aromatic heterocycles. The summed E-state index contributed by atoms with van der Waals surface area (Å²) in [5.41, 5.74) is 0.0368. The topological polar surface area (TPSA) is 116 Å². The van der Waals surface area contributed by atoms with Crippen molar-refractivity contribution in [2.24, 2.45) is 0 Å². The number of carbonyl (C=O) groups excluding carboxylic acids is 1. The van der Waals surface area contributed by atoms with Crippen molar-refractivity contribution in [2.75, 3.05) is 31.9 Å². The second kappa shape index (κ2) is 4.72. The van der Waals surface area contributed by atoms with Crippen LogP contribution < -0.4 is 4.90 Å². The highest BCUT2D eigenvalue weighted by atomic mass is 32.2. The maximum Gasteiger partial charge on any atom is 0.277 e. The molecule has 9 nitrogen and oxygen atoms in total. The van der Waals surface area contributed by atoms with Crippen molar-refractivity contribution in [3.05, 3.63) is 5.69 Å². The summed E-state index contributed by atoms with van der Waals surface area (Å²) in [6, 6.07) is 0. The number of aliphatic hydroxyl groups excluding tert-OH is 2. The summed E-state index contributed by atoms with van der Waals surface area (Å²) < 4.78 is 24.7. The maximum atomic E-state index is 12.2. The minimum Gasteiger partial charge on any atom is -0.395 e. The van der Waals surface area contributed by atoms with Gasteiger partial charge in [-0.3, -0.25) is 9.69 Å². The molecule has 0 saturated heterocycles. The molecule has 2 N–H and O–H groups in total. The Labute approximate surface area is 116 Å². The number of hydrogen-bond acceptors (Lipinski definition) is 7. The normalized spacial score (nSPS) is 19.4. The molecular weight excluding hydrogens is 288 g/mol. The van der Waals surface area contributed by atoms with Crippen molar-refractivity contribution < 1.29 is 23.4 Å². The van der Waals surface area contributed by atoms with Crippen molar-refractivity contribution >= 4 is 21.6 Å².